The van der Waals surface area contributed by atoms with E-state index in [1.165, 1.54) is 16.5 Å². The SMILES string of the molecule is CN(C)C1C(=O)C(C(N)=O)=C(O)[C@@]2(O)C(=O)C3=C(O)c4c(O)ccc(-c5ccc(CNCCc6ccc(Cl)cc6)cc5)c4C[C@@H]3C[C@@H]12. The van der Waals surface area contributed by atoms with Crippen LogP contribution in [0.3, 0.4) is 0 Å². The van der Waals surface area contributed by atoms with E-state index in [1.54, 1.807) is 20.2 Å². The first-order chi connectivity index (χ1) is 22.3. The van der Waals surface area contributed by atoms with E-state index >= 15 is 0 Å². The van der Waals surface area contributed by atoms with Crippen LogP contribution >= 0.6 is 11.6 Å². The molecule has 0 radical (unpaired) electrons. The van der Waals surface area contributed by atoms with E-state index in [2.05, 4.69) is 5.32 Å². The zero-order valence-electron chi connectivity index (χ0n) is 26.0. The number of aliphatic hydroxyl groups is 3. The summed E-state index contributed by atoms with van der Waals surface area (Å²) in [4.78, 5) is 41.1. The Morgan fingerprint density at radius 3 is 2.30 bits per heavy atom. The molecular weight excluding hydrogens is 622 g/mol. The second-order valence-electron chi connectivity index (χ2n) is 12.7. The van der Waals surface area contributed by atoms with E-state index in [0.717, 1.165) is 29.7 Å². The fraction of sp³-hybridized carbons (Fsp3) is 0.306. The first kappa shape index (κ1) is 32.5. The minimum atomic E-state index is -2.67. The summed E-state index contributed by atoms with van der Waals surface area (Å²) in [5, 5.41) is 49.4. The van der Waals surface area contributed by atoms with Gasteiger partial charge in [-0.05, 0) is 91.8 Å². The van der Waals surface area contributed by atoms with Crippen LogP contribution < -0.4 is 11.1 Å². The fourth-order valence-electron chi connectivity index (χ4n) is 7.43. The molecular formula is C36H36ClN3O7. The van der Waals surface area contributed by atoms with Crippen LogP contribution in [0.25, 0.3) is 16.9 Å². The van der Waals surface area contributed by atoms with E-state index in [1.807, 2.05) is 48.5 Å². The number of phenolic OH excluding ortho intramolecular Hbond substituents is 1. The summed E-state index contributed by atoms with van der Waals surface area (Å²) in [7, 11) is 3.14. The number of amides is 1. The van der Waals surface area contributed by atoms with Gasteiger partial charge in [-0.15, -0.1) is 0 Å². The number of hydrogen-bond donors (Lipinski definition) is 6. The summed E-state index contributed by atoms with van der Waals surface area (Å²) >= 11 is 5.97. The maximum Gasteiger partial charge on any atom is 0.255 e. The summed E-state index contributed by atoms with van der Waals surface area (Å²) in [5.41, 5.74) is 6.24. The Morgan fingerprint density at radius 1 is 1.00 bits per heavy atom. The van der Waals surface area contributed by atoms with Gasteiger partial charge in [0.1, 0.15) is 22.8 Å². The van der Waals surface area contributed by atoms with Crippen LogP contribution in [-0.4, -0.2) is 75.1 Å². The van der Waals surface area contributed by atoms with Crippen LogP contribution in [0, 0.1) is 11.8 Å². The lowest BCUT2D eigenvalue weighted by atomic mass is 9.57. The Hall–Kier alpha value is -4.48. The molecule has 11 heteroatoms. The van der Waals surface area contributed by atoms with Crippen molar-refractivity contribution in [2.24, 2.45) is 17.6 Å². The highest BCUT2D eigenvalue weighted by Crippen LogP contribution is 2.53. The van der Waals surface area contributed by atoms with Crippen LogP contribution in [0.2, 0.25) is 5.02 Å². The molecule has 0 bridgehead atoms. The van der Waals surface area contributed by atoms with Gasteiger partial charge >= 0.3 is 0 Å². The van der Waals surface area contributed by atoms with E-state index in [9.17, 15) is 34.8 Å². The molecule has 3 aromatic carbocycles. The molecule has 47 heavy (non-hydrogen) atoms. The number of benzene rings is 3. The predicted molar refractivity (Wildman–Crippen MR) is 177 cm³/mol. The molecule has 7 N–H and O–H groups in total. The van der Waals surface area contributed by atoms with Crippen LogP contribution in [0.5, 0.6) is 5.75 Å². The van der Waals surface area contributed by atoms with Gasteiger partial charge in [0.2, 0.25) is 5.78 Å². The summed E-state index contributed by atoms with van der Waals surface area (Å²) in [6.07, 6.45) is 1.11. The third kappa shape index (κ3) is 5.41. The van der Waals surface area contributed by atoms with Gasteiger partial charge in [0.15, 0.2) is 11.4 Å². The number of fused-ring (bicyclic) bond motifs is 3. The number of nitrogens with two attached hydrogens (primary N) is 1. The summed E-state index contributed by atoms with van der Waals surface area (Å²) in [6, 6.07) is 17.7. The molecule has 0 saturated heterocycles. The van der Waals surface area contributed by atoms with Crippen molar-refractivity contribution in [1.29, 1.82) is 0 Å². The number of nitrogens with one attached hydrogen (secondary N) is 1. The van der Waals surface area contributed by atoms with Gasteiger partial charge in [-0.3, -0.25) is 19.3 Å². The zero-order chi connectivity index (χ0) is 33.8. The van der Waals surface area contributed by atoms with Crippen molar-refractivity contribution in [1.82, 2.24) is 10.2 Å². The van der Waals surface area contributed by atoms with Crippen molar-refractivity contribution >= 4 is 34.8 Å². The van der Waals surface area contributed by atoms with Gasteiger partial charge in [0.25, 0.3) is 5.91 Å². The normalized spacial score (nSPS) is 23.9. The van der Waals surface area contributed by atoms with Crippen molar-refractivity contribution in [3.05, 3.63) is 105 Å². The maximum atomic E-state index is 14.1. The van der Waals surface area contributed by atoms with Crippen LogP contribution in [0.15, 0.2) is 77.6 Å². The standard InChI is InChI=1S/C36H36ClN3O7/c1-40(2)30-25-16-21-15-24-23(20-7-3-19(4-8-20)17-39-14-13-18-5-9-22(37)10-6-18)11-12-26(41)28(24)31(42)27(21)33(44)36(25,47)34(45)29(32(30)43)35(38)46/h3-12,21,25,30,39,41-42,45,47H,13-17H2,1-2H3,(H2,38,46)/t21-,25+,30?,36+/m1/s1. The number of halogens is 1. The fourth-order valence-corrected chi connectivity index (χ4v) is 7.56. The first-order valence-corrected chi connectivity index (χ1v) is 15.8. The number of hydrogen-bond acceptors (Lipinski definition) is 9. The highest BCUT2D eigenvalue weighted by Gasteiger charge is 2.64. The topological polar surface area (TPSA) is 173 Å². The average Bonchev–Trinajstić information content (AvgIpc) is 3.02. The van der Waals surface area contributed by atoms with Crippen LogP contribution in [0.1, 0.15) is 28.7 Å². The minimum absolute atomic E-state index is 0.0293. The quantitative estimate of drug-likeness (QED) is 0.156. The molecule has 0 heterocycles. The van der Waals surface area contributed by atoms with Crippen molar-refractivity contribution in [3.63, 3.8) is 0 Å². The minimum Gasteiger partial charge on any atom is -0.508 e. The average molecular weight is 658 g/mol. The van der Waals surface area contributed by atoms with Crippen molar-refractivity contribution in [2.75, 3.05) is 20.6 Å². The third-order valence-electron chi connectivity index (χ3n) is 9.70. The molecule has 3 aliphatic rings. The number of aromatic hydroxyl groups is 1. The predicted octanol–water partition coefficient (Wildman–Crippen LogP) is 3.62. The molecule has 3 aliphatic carbocycles. The van der Waals surface area contributed by atoms with Gasteiger partial charge in [-0.1, -0.05) is 54.1 Å². The Bertz CT molecular complexity index is 1850. The first-order valence-electron chi connectivity index (χ1n) is 15.4. The Balaban J connectivity index is 1.31. The van der Waals surface area contributed by atoms with Crippen LogP contribution in [-0.2, 0) is 33.8 Å². The largest absolute Gasteiger partial charge is 0.508 e. The number of phenols is 1. The summed E-state index contributed by atoms with van der Waals surface area (Å²) in [6.45, 7) is 1.45. The summed E-state index contributed by atoms with van der Waals surface area (Å²) < 4.78 is 0. The molecule has 4 atom stereocenters. The smallest absolute Gasteiger partial charge is 0.255 e. The van der Waals surface area contributed by atoms with E-state index in [-0.39, 0.29) is 29.7 Å². The monoisotopic (exact) mass is 657 g/mol. The van der Waals surface area contributed by atoms with Crippen molar-refractivity contribution in [2.45, 2.75) is 37.5 Å². The lowest BCUT2D eigenvalue weighted by Gasteiger charge is -2.50. The number of aliphatic hydroxyl groups excluding tert-OH is 2. The van der Waals surface area contributed by atoms with Crippen molar-refractivity contribution < 1.29 is 34.8 Å². The second-order valence-corrected chi connectivity index (χ2v) is 13.1. The highest BCUT2D eigenvalue weighted by molar-refractivity contribution is 6.30. The molecule has 1 fully saturated rings. The number of rotatable bonds is 8. The number of nitrogens with zero attached hydrogens (tertiary/aromatic N) is 1. The molecule has 6 rings (SSSR count). The maximum absolute atomic E-state index is 14.1. The third-order valence-corrected chi connectivity index (χ3v) is 9.95. The molecule has 3 aromatic rings. The number of carbonyl (C=O) groups excluding carboxylic acids is 3. The highest BCUT2D eigenvalue weighted by atomic mass is 35.5. The second kappa shape index (κ2) is 12.3. The van der Waals surface area contributed by atoms with E-state index in [4.69, 9.17) is 17.3 Å². The lowest BCUT2D eigenvalue weighted by molar-refractivity contribution is -0.153. The number of primary amides is 1. The van der Waals surface area contributed by atoms with E-state index in [0.29, 0.717) is 17.1 Å². The molecule has 1 amide bonds. The molecule has 1 unspecified atom stereocenters. The van der Waals surface area contributed by atoms with Crippen molar-refractivity contribution in [3.8, 4) is 16.9 Å². The van der Waals surface area contributed by atoms with E-state index < -0.39 is 58.0 Å². The Labute approximate surface area is 276 Å². The molecule has 0 spiro atoms. The molecule has 10 nitrogen and oxygen atoms in total. The van der Waals surface area contributed by atoms with Gasteiger partial charge in [0.05, 0.1) is 11.6 Å². The Morgan fingerprint density at radius 2 is 1.66 bits per heavy atom. The number of Topliss-reactive ketones (excluding diaryl/α,β-unsaturated/α-hetero) is 2. The molecule has 0 aromatic heterocycles. The molecule has 1 saturated carbocycles. The van der Waals surface area contributed by atoms with Gasteiger partial charge in [-0.2, -0.15) is 0 Å². The number of carbonyl (C=O) groups is 3. The van der Waals surface area contributed by atoms with Gasteiger partial charge in [0, 0.05) is 23.1 Å². The molecule has 0 aliphatic heterocycles. The number of likely N-dealkylation sites (N-methyl/N-ethyl adjacent to an activating group) is 1. The summed E-state index contributed by atoms with van der Waals surface area (Å²) in [5.74, 6) is -6.73. The molecule has 244 valence electrons. The zero-order valence-corrected chi connectivity index (χ0v) is 26.7. The lowest BCUT2D eigenvalue weighted by Crippen LogP contribution is -2.65. The Kier molecular flexibility index (Phi) is 8.48. The number of ketones is 2. The van der Waals surface area contributed by atoms with Gasteiger partial charge in [-0.25, -0.2) is 0 Å². The van der Waals surface area contributed by atoms with Crippen LogP contribution in [0.4, 0.5) is 0 Å². The van der Waals surface area contributed by atoms with Gasteiger partial charge < -0.3 is 31.5 Å².